The molecule has 2 aromatic heterocycles. The van der Waals surface area contributed by atoms with E-state index in [-0.39, 0.29) is 18.2 Å². The Morgan fingerprint density at radius 2 is 1.74 bits per heavy atom. The molecule has 0 fully saturated rings. The van der Waals surface area contributed by atoms with Crippen LogP contribution >= 0.6 is 0 Å². The van der Waals surface area contributed by atoms with Gasteiger partial charge >= 0.3 is 5.97 Å². The summed E-state index contributed by atoms with van der Waals surface area (Å²) in [5.41, 5.74) is 3.14. The molecule has 0 saturated carbocycles. The maximum absolute atomic E-state index is 12.6. The van der Waals surface area contributed by atoms with E-state index in [1.165, 1.54) is 6.07 Å². The lowest BCUT2D eigenvalue weighted by atomic mass is 10.1. The number of carbonyl (C=O) groups excluding carboxylic acids is 2. The van der Waals surface area contributed by atoms with Gasteiger partial charge in [0, 0.05) is 22.6 Å². The molecule has 3 rings (SSSR count). The van der Waals surface area contributed by atoms with Gasteiger partial charge in [-0.25, -0.2) is 4.79 Å². The third-order valence-electron chi connectivity index (χ3n) is 4.34. The van der Waals surface area contributed by atoms with Crippen LogP contribution in [0, 0.1) is 20.8 Å². The molecule has 0 atom stereocenters. The van der Waals surface area contributed by atoms with Crippen molar-refractivity contribution in [1.82, 2.24) is 4.57 Å². The largest absolute Gasteiger partial charge is 0.497 e. The van der Waals surface area contributed by atoms with Crippen molar-refractivity contribution in [2.45, 2.75) is 20.8 Å². The van der Waals surface area contributed by atoms with Crippen LogP contribution in [-0.2, 0) is 4.74 Å². The predicted octanol–water partition coefficient (Wildman–Crippen LogP) is 4.04. The number of aromatic nitrogens is 1. The minimum absolute atomic E-state index is 0.0870. The Hall–Kier alpha value is -3.28. The van der Waals surface area contributed by atoms with Crippen LogP contribution in [0.1, 0.15) is 38.1 Å². The number of ether oxygens (including phenoxy) is 2. The van der Waals surface area contributed by atoms with Gasteiger partial charge in [0.2, 0.25) is 11.5 Å². The molecule has 0 amide bonds. The van der Waals surface area contributed by atoms with Crippen molar-refractivity contribution in [2.24, 2.45) is 0 Å². The van der Waals surface area contributed by atoms with Gasteiger partial charge < -0.3 is 18.5 Å². The first-order valence-corrected chi connectivity index (χ1v) is 8.51. The van der Waals surface area contributed by atoms with E-state index in [1.807, 2.05) is 42.7 Å². The summed E-state index contributed by atoms with van der Waals surface area (Å²) in [6.07, 6.45) is 0. The molecule has 3 aromatic rings. The number of ketones is 1. The third-order valence-corrected chi connectivity index (χ3v) is 4.34. The molecule has 6 heteroatoms. The molecule has 0 radical (unpaired) electrons. The van der Waals surface area contributed by atoms with Crippen LogP contribution < -0.4 is 4.74 Å². The third kappa shape index (κ3) is 3.79. The topological polar surface area (TPSA) is 70.7 Å². The zero-order valence-corrected chi connectivity index (χ0v) is 15.7. The Morgan fingerprint density at radius 3 is 2.33 bits per heavy atom. The lowest BCUT2D eigenvalue weighted by Gasteiger charge is -2.10. The average Bonchev–Trinajstić information content (AvgIpc) is 3.22. The van der Waals surface area contributed by atoms with Crippen LogP contribution in [0.4, 0.5) is 0 Å². The van der Waals surface area contributed by atoms with E-state index in [0.29, 0.717) is 11.3 Å². The molecule has 0 aliphatic carbocycles. The molecule has 2 heterocycles. The van der Waals surface area contributed by atoms with E-state index >= 15 is 0 Å². The van der Waals surface area contributed by atoms with E-state index in [4.69, 9.17) is 13.9 Å². The minimum atomic E-state index is -0.652. The number of aryl methyl sites for hydroxylation is 2. The Labute approximate surface area is 157 Å². The van der Waals surface area contributed by atoms with Gasteiger partial charge in [-0.15, -0.1) is 0 Å². The second kappa shape index (κ2) is 7.53. The maximum atomic E-state index is 12.6. The van der Waals surface area contributed by atoms with E-state index < -0.39 is 5.97 Å². The monoisotopic (exact) mass is 367 g/mol. The number of carbonyl (C=O) groups is 2. The number of esters is 1. The van der Waals surface area contributed by atoms with E-state index in [0.717, 1.165) is 22.8 Å². The number of hydrogen-bond acceptors (Lipinski definition) is 5. The van der Waals surface area contributed by atoms with Crippen molar-refractivity contribution < 1.29 is 23.5 Å². The van der Waals surface area contributed by atoms with Gasteiger partial charge in [-0.2, -0.15) is 0 Å². The zero-order valence-electron chi connectivity index (χ0n) is 15.7. The molecule has 6 nitrogen and oxygen atoms in total. The Kier molecular flexibility index (Phi) is 5.16. The Balaban J connectivity index is 1.76. The highest BCUT2D eigenvalue weighted by Gasteiger charge is 2.19. The van der Waals surface area contributed by atoms with Crippen LogP contribution in [0.3, 0.4) is 0 Å². The van der Waals surface area contributed by atoms with Crippen molar-refractivity contribution in [1.29, 1.82) is 0 Å². The van der Waals surface area contributed by atoms with Crippen LogP contribution in [0.2, 0.25) is 0 Å². The van der Waals surface area contributed by atoms with Gasteiger partial charge in [0.15, 0.2) is 6.61 Å². The molecule has 1 aromatic carbocycles. The van der Waals surface area contributed by atoms with Crippen LogP contribution in [0.25, 0.3) is 5.69 Å². The zero-order chi connectivity index (χ0) is 19.6. The van der Waals surface area contributed by atoms with Crippen LogP contribution in [-0.4, -0.2) is 30.0 Å². The van der Waals surface area contributed by atoms with Crippen molar-refractivity contribution in [3.8, 4) is 11.4 Å². The maximum Gasteiger partial charge on any atom is 0.374 e. The van der Waals surface area contributed by atoms with E-state index in [9.17, 15) is 9.59 Å². The van der Waals surface area contributed by atoms with Gasteiger partial charge in [-0.05, 0) is 63.2 Å². The van der Waals surface area contributed by atoms with Gasteiger partial charge in [0.1, 0.15) is 11.5 Å². The number of methoxy groups -OCH3 is 1. The summed E-state index contributed by atoms with van der Waals surface area (Å²) in [7, 11) is 1.61. The van der Waals surface area contributed by atoms with Crippen molar-refractivity contribution in [3.63, 3.8) is 0 Å². The highest BCUT2D eigenvalue weighted by molar-refractivity contribution is 6.00. The fourth-order valence-corrected chi connectivity index (χ4v) is 3.00. The first kappa shape index (κ1) is 18.5. The molecular formula is C21H21NO5. The van der Waals surface area contributed by atoms with Crippen LogP contribution in [0.5, 0.6) is 5.75 Å². The number of hydrogen-bond donors (Lipinski definition) is 0. The van der Waals surface area contributed by atoms with Gasteiger partial charge in [0.25, 0.3) is 0 Å². The molecule has 0 unspecified atom stereocenters. The molecule has 0 aliphatic rings. The van der Waals surface area contributed by atoms with E-state index in [2.05, 4.69) is 0 Å². The standard InChI is InChI=1S/C21H21NO5/c1-13-11-18(15(3)22(13)16-6-8-17(25-4)9-7-16)19(23)12-26-21(24)20-10-5-14(2)27-20/h5-11H,12H2,1-4H3. The van der Waals surface area contributed by atoms with E-state index in [1.54, 1.807) is 26.2 Å². The van der Waals surface area contributed by atoms with Crippen LogP contribution in [0.15, 0.2) is 46.9 Å². The highest BCUT2D eigenvalue weighted by atomic mass is 16.5. The second-order valence-electron chi connectivity index (χ2n) is 6.23. The summed E-state index contributed by atoms with van der Waals surface area (Å²) in [6, 6.07) is 12.6. The molecule has 0 saturated heterocycles. The summed E-state index contributed by atoms with van der Waals surface area (Å²) in [5, 5.41) is 0. The molecule has 27 heavy (non-hydrogen) atoms. The lowest BCUT2D eigenvalue weighted by molar-refractivity contribution is 0.0442. The number of nitrogens with zero attached hydrogens (tertiary/aromatic N) is 1. The number of Topliss-reactive ketones (excluding diaryl/α,β-unsaturated/α-hetero) is 1. The summed E-state index contributed by atoms with van der Waals surface area (Å²) >= 11 is 0. The number of furan rings is 1. The number of rotatable bonds is 6. The second-order valence-corrected chi connectivity index (χ2v) is 6.23. The van der Waals surface area contributed by atoms with Crippen molar-refractivity contribution in [3.05, 3.63) is 70.9 Å². The molecule has 0 N–H and O–H groups in total. The SMILES string of the molecule is COc1ccc(-n2c(C)cc(C(=O)COC(=O)c3ccc(C)o3)c2C)cc1. The quantitative estimate of drug-likeness (QED) is 0.486. The minimum Gasteiger partial charge on any atom is -0.497 e. The molecular weight excluding hydrogens is 346 g/mol. The summed E-state index contributed by atoms with van der Waals surface area (Å²) in [4.78, 5) is 24.5. The Bertz CT molecular complexity index is 979. The average molecular weight is 367 g/mol. The lowest BCUT2D eigenvalue weighted by Crippen LogP contribution is -2.14. The summed E-state index contributed by atoms with van der Waals surface area (Å²) in [5.74, 6) is 0.540. The molecule has 140 valence electrons. The van der Waals surface area contributed by atoms with Gasteiger partial charge in [0.05, 0.1) is 7.11 Å². The first-order chi connectivity index (χ1) is 12.9. The molecule has 0 aliphatic heterocycles. The van der Waals surface area contributed by atoms with Crippen molar-refractivity contribution >= 4 is 11.8 Å². The van der Waals surface area contributed by atoms with Gasteiger partial charge in [-0.1, -0.05) is 0 Å². The summed E-state index contributed by atoms with van der Waals surface area (Å²) in [6.45, 7) is 5.18. The van der Waals surface area contributed by atoms with Crippen molar-refractivity contribution in [2.75, 3.05) is 13.7 Å². The fourth-order valence-electron chi connectivity index (χ4n) is 3.00. The Morgan fingerprint density at radius 1 is 1.04 bits per heavy atom. The first-order valence-electron chi connectivity index (χ1n) is 8.51. The normalized spacial score (nSPS) is 10.7. The number of benzene rings is 1. The smallest absolute Gasteiger partial charge is 0.374 e. The summed E-state index contributed by atoms with van der Waals surface area (Å²) < 4.78 is 17.5. The predicted molar refractivity (Wildman–Crippen MR) is 99.9 cm³/mol. The fraction of sp³-hybridized carbons (Fsp3) is 0.238. The molecule has 0 spiro atoms. The molecule has 0 bridgehead atoms. The highest BCUT2D eigenvalue weighted by Crippen LogP contribution is 2.23. The van der Waals surface area contributed by atoms with Gasteiger partial charge in [-0.3, -0.25) is 4.79 Å².